The van der Waals surface area contributed by atoms with Crippen molar-refractivity contribution in [1.82, 2.24) is 0 Å². The van der Waals surface area contributed by atoms with Crippen LogP contribution in [-0.2, 0) is 9.53 Å². The number of carbonyl (C=O) groups is 1. The molecule has 0 saturated carbocycles. The molecule has 0 N–H and O–H groups in total. The molecule has 1 saturated heterocycles. The van der Waals surface area contributed by atoms with Crippen LogP contribution in [0.2, 0.25) is 0 Å². The van der Waals surface area contributed by atoms with Gasteiger partial charge in [0.05, 0.1) is 0 Å². The fourth-order valence-electron chi connectivity index (χ4n) is 2.21. The molecule has 0 aliphatic carbocycles. The molecule has 0 amide bonds. The van der Waals surface area contributed by atoms with Crippen molar-refractivity contribution in [3.05, 3.63) is 24.8 Å². The number of carbonyl (C=O) groups excluding carboxylic acids is 1. The van der Waals surface area contributed by atoms with Crippen molar-refractivity contribution in [3.63, 3.8) is 0 Å². The van der Waals surface area contributed by atoms with E-state index in [4.69, 9.17) is 4.74 Å². The third-order valence-electron chi connectivity index (χ3n) is 3.32. The number of unbranched alkanes of at least 4 members (excludes halogenated alkanes) is 5. The lowest BCUT2D eigenvalue weighted by atomic mass is 10.1. The first-order valence-electron chi connectivity index (χ1n) is 7.28. The highest BCUT2D eigenvalue weighted by atomic mass is 16.5. The molecule has 1 atom stereocenters. The van der Waals surface area contributed by atoms with Crippen molar-refractivity contribution in [2.75, 3.05) is 0 Å². The molecular formula is C16H26O2. The van der Waals surface area contributed by atoms with Crippen LogP contribution in [0.4, 0.5) is 0 Å². The highest BCUT2D eigenvalue weighted by molar-refractivity contribution is 5.71. The van der Waals surface area contributed by atoms with Gasteiger partial charge in [-0.15, -0.1) is 6.58 Å². The Morgan fingerprint density at radius 1 is 1.11 bits per heavy atom. The predicted molar refractivity (Wildman–Crippen MR) is 75.4 cm³/mol. The summed E-state index contributed by atoms with van der Waals surface area (Å²) in [6.45, 7) is 3.72. The summed E-state index contributed by atoms with van der Waals surface area (Å²) in [7, 11) is 0. The molecular weight excluding hydrogens is 224 g/mol. The fourth-order valence-corrected chi connectivity index (χ4v) is 2.21. The maximum atomic E-state index is 10.9. The molecule has 0 aromatic heterocycles. The maximum absolute atomic E-state index is 10.9. The van der Waals surface area contributed by atoms with Crippen molar-refractivity contribution >= 4 is 5.97 Å². The van der Waals surface area contributed by atoms with Gasteiger partial charge in [-0.2, -0.15) is 0 Å². The number of allylic oxidation sites excluding steroid dienone is 3. The van der Waals surface area contributed by atoms with E-state index in [2.05, 4.69) is 18.7 Å². The van der Waals surface area contributed by atoms with E-state index in [1.807, 2.05) is 6.08 Å². The average Bonchev–Trinajstić information content (AvgIpc) is 2.77. The molecule has 0 aromatic rings. The quantitative estimate of drug-likeness (QED) is 0.323. The minimum absolute atomic E-state index is 0.0245. The Kier molecular flexibility index (Phi) is 8.28. The molecule has 1 unspecified atom stereocenters. The molecule has 2 nitrogen and oxygen atoms in total. The van der Waals surface area contributed by atoms with Gasteiger partial charge in [-0.1, -0.05) is 31.1 Å². The summed E-state index contributed by atoms with van der Waals surface area (Å²) in [5.74, 6) is -0.0245. The van der Waals surface area contributed by atoms with Gasteiger partial charge in [-0.25, -0.2) is 0 Å². The molecule has 1 rings (SSSR count). The lowest BCUT2D eigenvalue weighted by Crippen LogP contribution is -2.05. The van der Waals surface area contributed by atoms with Gasteiger partial charge < -0.3 is 4.74 Å². The van der Waals surface area contributed by atoms with Gasteiger partial charge in [0, 0.05) is 6.42 Å². The summed E-state index contributed by atoms with van der Waals surface area (Å²) in [5.41, 5.74) is 0. The van der Waals surface area contributed by atoms with E-state index >= 15 is 0 Å². The van der Waals surface area contributed by atoms with Crippen molar-refractivity contribution in [3.8, 4) is 0 Å². The van der Waals surface area contributed by atoms with Crippen molar-refractivity contribution < 1.29 is 9.53 Å². The monoisotopic (exact) mass is 250 g/mol. The first-order valence-corrected chi connectivity index (χ1v) is 7.28. The second kappa shape index (κ2) is 9.93. The number of esters is 1. The average molecular weight is 250 g/mol. The molecule has 0 aromatic carbocycles. The Bertz CT molecular complexity index is 268. The first kappa shape index (κ1) is 15.0. The summed E-state index contributed by atoms with van der Waals surface area (Å²) in [4.78, 5) is 10.9. The second-order valence-electron chi connectivity index (χ2n) is 4.98. The first-order chi connectivity index (χ1) is 8.83. The highest BCUT2D eigenvalue weighted by Gasteiger charge is 2.21. The lowest BCUT2D eigenvalue weighted by molar-refractivity contribution is -0.141. The van der Waals surface area contributed by atoms with Crippen LogP contribution in [0, 0.1) is 0 Å². The summed E-state index contributed by atoms with van der Waals surface area (Å²) in [6, 6.07) is 0. The van der Waals surface area contributed by atoms with Gasteiger partial charge in [0.25, 0.3) is 0 Å². The van der Waals surface area contributed by atoms with E-state index in [0.717, 1.165) is 25.7 Å². The molecule has 2 heteroatoms. The highest BCUT2D eigenvalue weighted by Crippen LogP contribution is 2.18. The molecule has 0 bridgehead atoms. The summed E-state index contributed by atoms with van der Waals surface area (Å²) in [5, 5.41) is 0. The Morgan fingerprint density at radius 3 is 2.50 bits per heavy atom. The topological polar surface area (TPSA) is 26.3 Å². The van der Waals surface area contributed by atoms with Gasteiger partial charge >= 0.3 is 5.97 Å². The van der Waals surface area contributed by atoms with E-state index in [1.165, 1.54) is 32.1 Å². The Balaban J connectivity index is 1.85. The van der Waals surface area contributed by atoms with Crippen LogP contribution < -0.4 is 0 Å². The van der Waals surface area contributed by atoms with E-state index in [9.17, 15) is 4.79 Å². The largest absolute Gasteiger partial charge is 0.462 e. The minimum Gasteiger partial charge on any atom is -0.462 e. The zero-order valence-electron chi connectivity index (χ0n) is 11.4. The van der Waals surface area contributed by atoms with Crippen molar-refractivity contribution in [2.45, 2.75) is 70.3 Å². The van der Waals surface area contributed by atoms with Crippen LogP contribution in [0.1, 0.15) is 64.2 Å². The summed E-state index contributed by atoms with van der Waals surface area (Å²) < 4.78 is 5.16. The van der Waals surface area contributed by atoms with E-state index < -0.39 is 0 Å². The zero-order chi connectivity index (χ0) is 13.1. The smallest absolute Gasteiger partial charge is 0.306 e. The number of rotatable bonds is 10. The van der Waals surface area contributed by atoms with Gasteiger partial charge in [0.2, 0.25) is 0 Å². The van der Waals surface area contributed by atoms with Gasteiger partial charge in [-0.05, 0) is 44.9 Å². The second-order valence-corrected chi connectivity index (χ2v) is 4.98. The molecule has 102 valence electrons. The predicted octanol–water partition coefficient (Wildman–Crippen LogP) is 4.56. The van der Waals surface area contributed by atoms with Crippen LogP contribution in [0.3, 0.4) is 0 Å². The molecule has 18 heavy (non-hydrogen) atoms. The van der Waals surface area contributed by atoms with Gasteiger partial charge in [0.1, 0.15) is 6.10 Å². The molecule has 0 radical (unpaired) electrons. The third kappa shape index (κ3) is 7.31. The van der Waals surface area contributed by atoms with Crippen molar-refractivity contribution in [2.24, 2.45) is 0 Å². The summed E-state index contributed by atoms with van der Waals surface area (Å²) >= 11 is 0. The van der Waals surface area contributed by atoms with Crippen LogP contribution in [0.25, 0.3) is 0 Å². The minimum atomic E-state index is -0.0245. The number of hydrogen-bond donors (Lipinski definition) is 0. The SMILES string of the molecule is C=CCCCCCC/C=C/CCC1CCC(=O)O1. The number of ether oxygens (including phenoxy) is 1. The lowest BCUT2D eigenvalue weighted by Gasteiger charge is -2.05. The molecule has 1 fully saturated rings. The van der Waals surface area contributed by atoms with Crippen LogP contribution >= 0.6 is 0 Å². The fraction of sp³-hybridized carbons (Fsp3) is 0.688. The van der Waals surface area contributed by atoms with Crippen LogP contribution in [-0.4, -0.2) is 12.1 Å². The number of cyclic esters (lactones) is 1. The number of hydrogen-bond acceptors (Lipinski definition) is 2. The molecule has 1 aliphatic rings. The van der Waals surface area contributed by atoms with Crippen LogP contribution in [0.5, 0.6) is 0 Å². The van der Waals surface area contributed by atoms with Gasteiger partial charge in [0.15, 0.2) is 0 Å². The third-order valence-corrected chi connectivity index (χ3v) is 3.32. The van der Waals surface area contributed by atoms with Gasteiger partial charge in [-0.3, -0.25) is 4.79 Å². The standard InChI is InChI=1S/C16H26O2/c1-2-3-4-5-6-7-8-9-10-11-12-15-13-14-16(17)18-15/h2,9-10,15H,1,3-8,11-14H2/b10-9+. The summed E-state index contributed by atoms with van der Waals surface area (Å²) in [6.07, 6.45) is 17.7. The Hall–Kier alpha value is -1.05. The molecule has 0 spiro atoms. The normalized spacial score (nSPS) is 19.3. The van der Waals surface area contributed by atoms with E-state index in [-0.39, 0.29) is 12.1 Å². The Labute approximate surface area is 111 Å². The van der Waals surface area contributed by atoms with Crippen LogP contribution in [0.15, 0.2) is 24.8 Å². The Morgan fingerprint density at radius 2 is 1.83 bits per heavy atom. The van der Waals surface area contributed by atoms with E-state index in [1.54, 1.807) is 0 Å². The maximum Gasteiger partial charge on any atom is 0.306 e. The van der Waals surface area contributed by atoms with Crippen molar-refractivity contribution in [1.29, 1.82) is 0 Å². The van der Waals surface area contributed by atoms with E-state index in [0.29, 0.717) is 6.42 Å². The zero-order valence-corrected chi connectivity index (χ0v) is 11.4. The molecule has 1 aliphatic heterocycles. The molecule has 1 heterocycles.